The van der Waals surface area contributed by atoms with Crippen molar-refractivity contribution >= 4 is 27.0 Å². The fraction of sp³-hybridized carbons (Fsp3) is 0.375. The standard InChI is InChI=1S/C16H20N4O3S/c1-5-10-17-16(21)9-8-15-18-13-11-12(24(22,23)19(2)3)6-7-14(13)20(15)4/h1,6-7,11H,8-10H2,2-4H3,(H,17,21). The summed E-state index contributed by atoms with van der Waals surface area (Å²) in [6.45, 7) is 0.202. The van der Waals surface area contributed by atoms with E-state index in [0.29, 0.717) is 17.8 Å². The largest absolute Gasteiger partial charge is 0.345 e. The van der Waals surface area contributed by atoms with E-state index in [9.17, 15) is 13.2 Å². The number of benzene rings is 1. The van der Waals surface area contributed by atoms with Crippen LogP contribution in [0.5, 0.6) is 0 Å². The number of terminal acetylenes is 1. The zero-order chi connectivity index (χ0) is 17.9. The fourth-order valence-corrected chi connectivity index (χ4v) is 3.21. The van der Waals surface area contributed by atoms with Crippen molar-refractivity contribution in [3.8, 4) is 12.3 Å². The van der Waals surface area contributed by atoms with E-state index in [-0.39, 0.29) is 23.8 Å². The van der Waals surface area contributed by atoms with Crippen molar-refractivity contribution in [1.82, 2.24) is 19.2 Å². The first-order valence-electron chi connectivity index (χ1n) is 7.35. The molecule has 0 saturated heterocycles. The van der Waals surface area contributed by atoms with Crippen molar-refractivity contribution in [2.45, 2.75) is 17.7 Å². The second-order valence-electron chi connectivity index (χ2n) is 5.51. The summed E-state index contributed by atoms with van der Waals surface area (Å²) < 4.78 is 27.4. The van der Waals surface area contributed by atoms with Crippen LogP contribution in [0.1, 0.15) is 12.2 Å². The molecule has 2 aromatic rings. The lowest BCUT2D eigenvalue weighted by molar-refractivity contribution is -0.120. The van der Waals surface area contributed by atoms with Gasteiger partial charge in [-0.3, -0.25) is 4.79 Å². The van der Waals surface area contributed by atoms with Crippen LogP contribution < -0.4 is 5.32 Å². The minimum absolute atomic E-state index is 0.143. The van der Waals surface area contributed by atoms with Gasteiger partial charge in [0.2, 0.25) is 15.9 Å². The maximum atomic E-state index is 12.2. The van der Waals surface area contributed by atoms with E-state index in [4.69, 9.17) is 6.42 Å². The molecule has 0 spiro atoms. The Balaban J connectivity index is 2.27. The van der Waals surface area contributed by atoms with Gasteiger partial charge in [-0.05, 0) is 18.2 Å². The van der Waals surface area contributed by atoms with Gasteiger partial charge in [-0.2, -0.15) is 0 Å². The van der Waals surface area contributed by atoms with Gasteiger partial charge >= 0.3 is 0 Å². The van der Waals surface area contributed by atoms with Crippen molar-refractivity contribution in [2.24, 2.45) is 7.05 Å². The van der Waals surface area contributed by atoms with Gasteiger partial charge in [0.05, 0.1) is 22.5 Å². The molecule has 1 heterocycles. The van der Waals surface area contributed by atoms with Gasteiger partial charge in [0.1, 0.15) is 5.82 Å². The predicted octanol–water partition coefficient (Wildman–Crippen LogP) is 0.506. The molecule has 1 aromatic carbocycles. The number of fused-ring (bicyclic) bond motifs is 1. The number of carbonyl (C=O) groups excluding carboxylic acids is 1. The Morgan fingerprint density at radius 2 is 2.12 bits per heavy atom. The average Bonchev–Trinajstić information content (AvgIpc) is 2.86. The van der Waals surface area contributed by atoms with Crippen LogP contribution in [0.25, 0.3) is 11.0 Å². The number of hydrogen-bond donors (Lipinski definition) is 1. The van der Waals surface area contributed by atoms with E-state index < -0.39 is 10.0 Å². The number of amides is 1. The van der Waals surface area contributed by atoms with Gasteiger partial charge in [0.15, 0.2) is 0 Å². The summed E-state index contributed by atoms with van der Waals surface area (Å²) in [5.41, 5.74) is 1.39. The molecule has 0 aliphatic rings. The number of aromatic nitrogens is 2. The van der Waals surface area contributed by atoms with Crippen LogP contribution in [0.4, 0.5) is 0 Å². The zero-order valence-electron chi connectivity index (χ0n) is 13.9. The molecule has 7 nitrogen and oxygen atoms in total. The highest BCUT2D eigenvalue weighted by Crippen LogP contribution is 2.21. The van der Waals surface area contributed by atoms with Crippen LogP contribution in [0.2, 0.25) is 0 Å². The third kappa shape index (κ3) is 3.58. The highest BCUT2D eigenvalue weighted by Gasteiger charge is 2.19. The van der Waals surface area contributed by atoms with Crippen LogP contribution in [0, 0.1) is 12.3 Å². The third-order valence-corrected chi connectivity index (χ3v) is 5.50. The Labute approximate surface area is 141 Å². The molecule has 0 fully saturated rings. The van der Waals surface area contributed by atoms with Crippen LogP contribution in [-0.2, 0) is 28.3 Å². The summed E-state index contributed by atoms with van der Waals surface area (Å²) in [5.74, 6) is 2.91. The first kappa shape index (κ1) is 18.0. The summed E-state index contributed by atoms with van der Waals surface area (Å²) in [5, 5.41) is 2.60. The minimum atomic E-state index is -3.51. The van der Waals surface area contributed by atoms with E-state index in [1.54, 1.807) is 18.2 Å². The molecule has 0 radical (unpaired) electrons. The van der Waals surface area contributed by atoms with Gasteiger partial charge in [0.25, 0.3) is 0 Å². The molecule has 8 heteroatoms. The molecule has 0 bridgehead atoms. The Morgan fingerprint density at radius 3 is 2.75 bits per heavy atom. The molecule has 1 aromatic heterocycles. The molecular weight excluding hydrogens is 328 g/mol. The highest BCUT2D eigenvalue weighted by atomic mass is 32.2. The number of rotatable bonds is 6. The van der Waals surface area contributed by atoms with Gasteiger partial charge < -0.3 is 9.88 Å². The quantitative estimate of drug-likeness (QED) is 0.771. The Morgan fingerprint density at radius 1 is 1.42 bits per heavy atom. The maximum Gasteiger partial charge on any atom is 0.242 e. The summed E-state index contributed by atoms with van der Waals surface area (Å²) in [6.07, 6.45) is 5.80. The number of sulfonamides is 1. The highest BCUT2D eigenvalue weighted by molar-refractivity contribution is 7.89. The number of imidazole rings is 1. The van der Waals surface area contributed by atoms with E-state index in [1.807, 2.05) is 11.6 Å². The summed E-state index contributed by atoms with van der Waals surface area (Å²) in [7, 11) is 1.30. The Bertz CT molecular complexity index is 907. The van der Waals surface area contributed by atoms with Crippen LogP contribution in [0.15, 0.2) is 23.1 Å². The van der Waals surface area contributed by atoms with Gasteiger partial charge in [-0.1, -0.05) is 5.92 Å². The van der Waals surface area contributed by atoms with Crippen LogP contribution >= 0.6 is 0 Å². The average molecular weight is 348 g/mol. The second-order valence-corrected chi connectivity index (χ2v) is 7.66. The molecule has 128 valence electrons. The molecule has 1 amide bonds. The third-order valence-electron chi connectivity index (χ3n) is 3.69. The zero-order valence-corrected chi connectivity index (χ0v) is 14.7. The van der Waals surface area contributed by atoms with Crippen LogP contribution in [0.3, 0.4) is 0 Å². The summed E-state index contributed by atoms with van der Waals surface area (Å²) >= 11 is 0. The molecule has 0 saturated carbocycles. The van der Waals surface area contributed by atoms with E-state index in [1.165, 1.54) is 14.1 Å². The smallest absolute Gasteiger partial charge is 0.242 e. The number of nitrogens with one attached hydrogen (secondary N) is 1. The van der Waals surface area contributed by atoms with Gasteiger partial charge in [-0.15, -0.1) is 6.42 Å². The first-order valence-corrected chi connectivity index (χ1v) is 8.79. The van der Waals surface area contributed by atoms with Crippen molar-refractivity contribution in [3.05, 3.63) is 24.0 Å². The van der Waals surface area contributed by atoms with E-state index >= 15 is 0 Å². The monoisotopic (exact) mass is 348 g/mol. The molecule has 0 aliphatic heterocycles. The molecule has 24 heavy (non-hydrogen) atoms. The second kappa shape index (κ2) is 7.03. The maximum absolute atomic E-state index is 12.2. The number of carbonyl (C=O) groups is 1. The lowest BCUT2D eigenvalue weighted by Crippen LogP contribution is -2.24. The molecule has 2 rings (SSSR count). The SMILES string of the molecule is C#CCNC(=O)CCc1nc2cc(S(=O)(=O)N(C)C)ccc2n1C. The lowest BCUT2D eigenvalue weighted by atomic mass is 10.3. The van der Waals surface area contributed by atoms with Crippen molar-refractivity contribution in [3.63, 3.8) is 0 Å². The summed E-state index contributed by atoms with van der Waals surface area (Å²) in [4.78, 5) is 16.3. The fourth-order valence-electron chi connectivity index (χ4n) is 2.29. The number of aryl methyl sites for hydroxylation is 2. The number of hydrogen-bond acceptors (Lipinski definition) is 4. The molecule has 0 unspecified atom stereocenters. The molecule has 1 N–H and O–H groups in total. The summed E-state index contributed by atoms with van der Waals surface area (Å²) in [6, 6.07) is 4.83. The Kier molecular flexibility index (Phi) is 5.26. The topological polar surface area (TPSA) is 84.3 Å². The molecule has 0 atom stereocenters. The normalized spacial score (nSPS) is 11.6. The number of nitrogens with zero attached hydrogens (tertiary/aromatic N) is 3. The minimum Gasteiger partial charge on any atom is -0.345 e. The molecular formula is C16H20N4O3S. The van der Waals surface area contributed by atoms with Crippen molar-refractivity contribution in [2.75, 3.05) is 20.6 Å². The van der Waals surface area contributed by atoms with Crippen LogP contribution in [-0.4, -0.2) is 48.8 Å². The first-order chi connectivity index (χ1) is 11.3. The van der Waals surface area contributed by atoms with Crippen molar-refractivity contribution in [1.29, 1.82) is 0 Å². The van der Waals surface area contributed by atoms with Gasteiger partial charge in [0, 0.05) is 34.0 Å². The van der Waals surface area contributed by atoms with Crippen molar-refractivity contribution < 1.29 is 13.2 Å². The lowest BCUT2D eigenvalue weighted by Gasteiger charge is -2.10. The Hall–Kier alpha value is -2.37. The van der Waals surface area contributed by atoms with E-state index in [0.717, 1.165) is 9.82 Å². The van der Waals surface area contributed by atoms with Gasteiger partial charge in [-0.25, -0.2) is 17.7 Å². The van der Waals surface area contributed by atoms with E-state index in [2.05, 4.69) is 16.2 Å². The molecule has 0 aliphatic carbocycles. The predicted molar refractivity (Wildman–Crippen MR) is 91.8 cm³/mol.